The van der Waals surface area contributed by atoms with E-state index in [0.717, 1.165) is 78.5 Å². The van der Waals surface area contributed by atoms with Gasteiger partial charge in [0.2, 0.25) is 28.8 Å². The number of Topliss-reactive ketones (excluding diaryl/α,β-unsaturated/α-hetero) is 3. The van der Waals surface area contributed by atoms with E-state index in [9.17, 15) is 51.9 Å². The van der Waals surface area contributed by atoms with E-state index in [4.69, 9.17) is 39.4 Å². The number of pyridine rings is 3. The Morgan fingerprint density at radius 1 is 0.495 bits per heavy atom. The Kier molecular flexibility index (Phi) is 18.6. The van der Waals surface area contributed by atoms with Gasteiger partial charge in [0.25, 0.3) is 0 Å². The molecule has 28 heteroatoms. The van der Waals surface area contributed by atoms with Gasteiger partial charge in [0, 0.05) is 107 Å². The van der Waals surface area contributed by atoms with Crippen molar-refractivity contribution in [1.82, 2.24) is 14.0 Å². The van der Waals surface area contributed by atoms with Crippen molar-refractivity contribution < 1.29 is 64.9 Å². The molecular weight excluding hydrogens is 1510 g/mol. The number of ether oxygens (including phenoxy) is 4. The molecule has 0 amide bonds. The van der Waals surface area contributed by atoms with Gasteiger partial charge in [0.05, 0.1) is 34.4 Å². The van der Waals surface area contributed by atoms with E-state index in [1.54, 1.807) is 75.1 Å². The fourth-order valence-corrected chi connectivity index (χ4v) is 19.7. The number of esters is 2. The predicted molar refractivity (Wildman–Crippen MR) is 407 cm³/mol. The van der Waals surface area contributed by atoms with Gasteiger partial charge >= 0.3 is 17.8 Å². The van der Waals surface area contributed by atoms with Gasteiger partial charge in [-0.15, -0.1) is 35.3 Å². The number of nitrogens with zero attached hydrogens (tertiary/aromatic N) is 6. The van der Waals surface area contributed by atoms with Crippen molar-refractivity contribution >= 4 is 76.2 Å². The molecule has 0 N–H and O–H groups in total. The lowest BCUT2D eigenvalue weighted by molar-refractivity contribution is -0.147. The summed E-state index contributed by atoms with van der Waals surface area (Å²) in [6.07, 6.45) is 8.85. The minimum absolute atomic E-state index is 0.0573. The molecule has 4 aromatic heterocycles. The summed E-state index contributed by atoms with van der Waals surface area (Å²) in [5.41, 5.74) is 6.55. The molecule has 111 heavy (non-hydrogen) atoms. The first kappa shape index (κ1) is 73.1. The van der Waals surface area contributed by atoms with Crippen LogP contribution in [-0.4, -0.2) is 69.7 Å². The quantitative estimate of drug-likeness (QED) is 0.0912. The minimum atomic E-state index is -0.864. The van der Waals surface area contributed by atoms with Gasteiger partial charge in [-0.05, 0) is 157 Å². The molecule has 0 saturated heterocycles. The Bertz CT molecular complexity index is 5880. The van der Waals surface area contributed by atoms with Crippen molar-refractivity contribution in [2.45, 2.75) is 123 Å². The second-order valence-electron chi connectivity index (χ2n) is 29.2. The molecule has 21 nitrogen and oxygen atoms in total. The van der Waals surface area contributed by atoms with Crippen LogP contribution in [0.1, 0.15) is 169 Å². The Hall–Kier alpha value is -10.7. The van der Waals surface area contributed by atoms with Gasteiger partial charge in [-0.3, -0.25) is 67.4 Å². The topological polar surface area (TPSA) is 241 Å². The van der Waals surface area contributed by atoms with Gasteiger partial charge in [-0.25, -0.2) is 18.0 Å². The van der Waals surface area contributed by atoms with E-state index in [-0.39, 0.29) is 99.3 Å². The molecule has 6 aromatic carbocycles. The highest BCUT2D eigenvalue weighted by Gasteiger charge is 2.60. The van der Waals surface area contributed by atoms with Crippen molar-refractivity contribution in [3.05, 3.63) is 300 Å². The SMILES string of the molecule is CC(=O)OCOc1c2n(ccc1=O)N(C1c3ccc(F)cc3CSc3c(F)cccc31)CC1(CC1)C2=O.CC(=O)Oc1c2n(ccc1=O)N(C1c3ccc(Cl)cc3CSc3ccccc31)CC1(CC1)C2=O.Cc1cccc2c1SCc1cc(F)ccc1C2N1CC2(CC2)C(=O)c2c(OCc3oc(=O)oc3C)c(=O)ccn21. The number of carbonyl (C=O) groups is 5. The number of ketones is 3. The molecule has 566 valence electrons. The largest absolute Gasteiger partial charge is 0.519 e. The molecule has 3 aliphatic carbocycles. The molecule has 9 aliphatic rings. The molecular formula is C83H68ClF3N6O15S3. The number of thioether (sulfide) groups is 3. The van der Waals surface area contributed by atoms with Crippen molar-refractivity contribution in [2.24, 2.45) is 16.2 Å². The zero-order valence-corrected chi connectivity index (χ0v) is 63.3. The first-order valence-electron chi connectivity index (χ1n) is 36.0. The van der Waals surface area contributed by atoms with Crippen LogP contribution in [0.4, 0.5) is 13.2 Å². The average molecular weight is 1580 g/mol. The first-order chi connectivity index (χ1) is 53.4. The van der Waals surface area contributed by atoms with Crippen LogP contribution in [0.15, 0.2) is 195 Å². The molecule has 3 saturated carbocycles. The minimum Gasteiger partial charge on any atom is -0.479 e. The number of aromatic nitrogens is 3. The zero-order valence-electron chi connectivity index (χ0n) is 60.1. The molecule has 3 spiro atoms. The van der Waals surface area contributed by atoms with E-state index >= 15 is 4.39 Å². The summed E-state index contributed by atoms with van der Waals surface area (Å²) in [6.45, 7) is 6.59. The zero-order chi connectivity index (χ0) is 77.3. The summed E-state index contributed by atoms with van der Waals surface area (Å²) >= 11 is 11.1. The number of benzene rings is 6. The summed E-state index contributed by atoms with van der Waals surface area (Å²) in [7, 11) is 0. The molecule has 3 fully saturated rings. The van der Waals surface area contributed by atoms with E-state index in [0.29, 0.717) is 72.3 Å². The number of halogens is 4. The molecule has 10 aromatic rings. The summed E-state index contributed by atoms with van der Waals surface area (Å²) in [5, 5.41) is 6.87. The molecule has 3 atom stereocenters. The van der Waals surface area contributed by atoms with Gasteiger partial charge in [0.15, 0.2) is 57.5 Å². The number of hydrogen-bond acceptors (Lipinski definition) is 21. The van der Waals surface area contributed by atoms with E-state index in [1.807, 2.05) is 47.5 Å². The number of hydrogen-bond donors (Lipinski definition) is 0. The van der Waals surface area contributed by atoms with Gasteiger partial charge in [-0.2, -0.15) is 0 Å². The Balaban J connectivity index is 0.000000121. The summed E-state index contributed by atoms with van der Waals surface area (Å²) in [6, 6.07) is 37.6. The monoisotopic (exact) mass is 1580 g/mol. The highest BCUT2D eigenvalue weighted by atomic mass is 35.5. The van der Waals surface area contributed by atoms with Crippen molar-refractivity contribution in [1.29, 1.82) is 0 Å². The number of aryl methyl sites for hydroxylation is 2. The van der Waals surface area contributed by atoms with Crippen molar-refractivity contribution in [3.8, 4) is 17.2 Å². The number of fused-ring (bicyclic) bond motifs is 9. The number of carbonyl (C=O) groups excluding carboxylic acids is 5. The molecule has 6 aliphatic heterocycles. The predicted octanol–water partition coefficient (Wildman–Crippen LogP) is 14.1. The van der Waals surface area contributed by atoms with E-state index < -0.39 is 63.1 Å². The molecule has 10 heterocycles. The third-order valence-corrected chi connectivity index (χ3v) is 26.0. The van der Waals surface area contributed by atoms with Crippen LogP contribution in [-0.2, 0) is 38.2 Å². The smallest absolute Gasteiger partial charge is 0.479 e. The summed E-state index contributed by atoms with van der Waals surface area (Å²) in [4.78, 5) is 117. The fraction of sp³-hybridized carbons (Fsp3) is 0.289. The van der Waals surface area contributed by atoms with Crippen molar-refractivity contribution in [3.63, 3.8) is 0 Å². The first-order valence-corrected chi connectivity index (χ1v) is 39.4. The lowest BCUT2D eigenvalue weighted by atomic mass is 9.89. The molecule has 19 rings (SSSR count). The van der Waals surface area contributed by atoms with Gasteiger partial charge in [-0.1, -0.05) is 78.3 Å². The van der Waals surface area contributed by atoms with Gasteiger partial charge in [0.1, 0.15) is 24.1 Å². The normalized spacial score (nSPS) is 19.0. The third-order valence-electron chi connectivity index (χ3n) is 22.1. The lowest BCUT2D eigenvalue weighted by Crippen LogP contribution is -2.52. The maximum Gasteiger partial charge on any atom is 0.519 e. The lowest BCUT2D eigenvalue weighted by Gasteiger charge is -2.43. The highest BCUT2D eigenvalue weighted by Crippen LogP contribution is 2.58. The van der Waals surface area contributed by atoms with Crippen LogP contribution in [0.3, 0.4) is 0 Å². The third kappa shape index (κ3) is 13.0. The average Bonchev–Trinajstić information content (AvgIpc) is 1.61. The van der Waals surface area contributed by atoms with Crippen LogP contribution in [0.5, 0.6) is 17.2 Å². The molecule has 3 unspecified atom stereocenters. The summed E-state index contributed by atoms with van der Waals surface area (Å²) in [5.74, 6) is -1.97. The van der Waals surface area contributed by atoms with Crippen LogP contribution >= 0.6 is 46.9 Å². The Morgan fingerprint density at radius 3 is 1.48 bits per heavy atom. The van der Waals surface area contributed by atoms with Crippen LogP contribution in [0.2, 0.25) is 5.02 Å². The second-order valence-corrected chi connectivity index (χ2v) is 32.7. The summed E-state index contributed by atoms with van der Waals surface area (Å²) < 4.78 is 80.4. The number of rotatable bonds is 10. The highest BCUT2D eigenvalue weighted by molar-refractivity contribution is 7.99. The standard InChI is InChI=1S/C30H25FN2O6S.C27H22F2N2O5S.C26H21ClN2O4S/c1-16-4-3-5-21-24(20-7-6-19(31)12-18(20)14-40-27(16)21)33-15-30(9-10-30)28(35)25-26(22(34)8-11-32(25)33)37-13-23-17(2)38-29(36)39-23;1-15(32)35-14-36-24-21(33)7-10-30-23(24)26(34)27(8-9-27)13-31(30)22-18-6-5-17(28)11-16(18)12-37-25-19(22)3-2-4-20(25)29;1-15(30)33-24-20(31)8-11-28-23(24)25(32)26(9-10-26)14-29(28)22-18-7-6-17(27)12-16(18)13-34-21-5-3-2-4-19(21)22/h3-8,11-12,24H,9-10,13-15H2,1-2H3;2-7,10-11,22H,8-9,12-14H2,1H3;2-8,11-12,22H,9-10,13-14H2,1H3. The maximum absolute atomic E-state index is 15.1. The Labute approximate surface area is 649 Å². The Morgan fingerprint density at radius 2 is 0.955 bits per heavy atom. The van der Waals surface area contributed by atoms with Gasteiger partial charge < -0.3 is 27.8 Å². The van der Waals surface area contributed by atoms with Crippen LogP contribution < -0.4 is 51.3 Å². The van der Waals surface area contributed by atoms with Crippen molar-refractivity contribution in [2.75, 3.05) is 41.5 Å². The fourth-order valence-electron chi connectivity index (χ4n) is 16.1. The van der Waals surface area contributed by atoms with Crippen LogP contribution in [0.25, 0.3) is 0 Å². The van der Waals surface area contributed by atoms with Crippen LogP contribution in [0, 0.1) is 47.5 Å². The molecule has 0 radical (unpaired) electrons. The second kappa shape index (κ2) is 28.2. The molecule has 0 bridgehead atoms. The van der Waals surface area contributed by atoms with E-state index in [1.165, 1.54) is 74.3 Å². The van der Waals surface area contributed by atoms with E-state index in [2.05, 4.69) is 47.3 Å². The maximum atomic E-state index is 15.1.